The number of carbonyl (C=O) groups is 1. The van der Waals surface area contributed by atoms with Crippen molar-refractivity contribution in [3.8, 4) is 5.75 Å². The van der Waals surface area contributed by atoms with Crippen molar-refractivity contribution in [2.45, 2.75) is 26.4 Å². The van der Waals surface area contributed by atoms with Gasteiger partial charge in [0.15, 0.2) is 5.43 Å². The summed E-state index contributed by atoms with van der Waals surface area (Å²) in [5.74, 6) is -0.0337. The lowest BCUT2D eigenvalue weighted by Crippen LogP contribution is -2.29. The Bertz CT molecular complexity index is 1500. The lowest BCUT2D eigenvalue weighted by atomic mass is 9.97. The third kappa shape index (κ3) is 4.01. The number of hydrogen-bond donors (Lipinski definition) is 0. The summed E-state index contributed by atoms with van der Waals surface area (Å²) >= 11 is 0. The Kier molecular flexibility index (Phi) is 5.73. The van der Waals surface area contributed by atoms with Crippen molar-refractivity contribution in [3.63, 3.8) is 0 Å². The summed E-state index contributed by atoms with van der Waals surface area (Å²) in [6, 6.07) is 16.2. The van der Waals surface area contributed by atoms with Crippen LogP contribution < -0.4 is 10.2 Å². The number of ether oxygens (including phenoxy) is 1. The van der Waals surface area contributed by atoms with Crippen molar-refractivity contribution in [2.24, 2.45) is 0 Å². The van der Waals surface area contributed by atoms with Crippen LogP contribution in [-0.2, 0) is 6.54 Å². The zero-order valence-electron chi connectivity index (χ0n) is 19.5. The summed E-state index contributed by atoms with van der Waals surface area (Å²) in [6.45, 7) is 8.09. The molecule has 5 nitrogen and oxygen atoms in total. The molecule has 6 heteroatoms. The van der Waals surface area contributed by atoms with E-state index >= 15 is 0 Å². The van der Waals surface area contributed by atoms with E-state index in [1.165, 1.54) is 12.1 Å². The van der Waals surface area contributed by atoms with Gasteiger partial charge in [-0.05, 0) is 72.5 Å². The Morgan fingerprint density at radius 2 is 1.71 bits per heavy atom. The van der Waals surface area contributed by atoms with Gasteiger partial charge in [0.2, 0.25) is 5.76 Å². The number of nitrogens with zero attached hydrogens (tertiary/aromatic N) is 1. The Hall–Kier alpha value is -4.19. The summed E-state index contributed by atoms with van der Waals surface area (Å²) in [5, 5.41) is 0.444. The van der Waals surface area contributed by atoms with Crippen LogP contribution in [0.1, 0.15) is 44.4 Å². The number of rotatable bonds is 6. The van der Waals surface area contributed by atoms with Crippen LogP contribution in [0, 0.1) is 19.7 Å². The molecule has 0 radical (unpaired) electrons. The van der Waals surface area contributed by atoms with E-state index in [0.717, 1.165) is 22.3 Å². The van der Waals surface area contributed by atoms with E-state index in [4.69, 9.17) is 9.15 Å². The molecule has 1 unspecified atom stereocenters. The zero-order valence-corrected chi connectivity index (χ0v) is 19.5. The normalized spacial score (nSPS) is 14.9. The minimum absolute atomic E-state index is 0.0462. The molecule has 1 aromatic heterocycles. The van der Waals surface area contributed by atoms with Gasteiger partial charge < -0.3 is 14.1 Å². The Morgan fingerprint density at radius 1 is 1.03 bits per heavy atom. The molecule has 0 fully saturated rings. The highest BCUT2D eigenvalue weighted by atomic mass is 19.1. The maximum absolute atomic E-state index is 13.7. The quantitative estimate of drug-likeness (QED) is 0.332. The number of aryl methyl sites for hydroxylation is 2. The van der Waals surface area contributed by atoms with Gasteiger partial charge in [0.1, 0.15) is 23.8 Å². The molecular weight excluding hydrogens is 445 g/mol. The fourth-order valence-electron chi connectivity index (χ4n) is 4.47. The van der Waals surface area contributed by atoms with Crippen molar-refractivity contribution in [1.29, 1.82) is 0 Å². The maximum Gasteiger partial charge on any atom is 0.291 e. The summed E-state index contributed by atoms with van der Waals surface area (Å²) in [6.07, 6.45) is 1.66. The first kappa shape index (κ1) is 22.6. The molecule has 0 saturated heterocycles. The maximum atomic E-state index is 13.7. The minimum atomic E-state index is -0.654. The highest BCUT2D eigenvalue weighted by molar-refractivity contribution is 5.99. The monoisotopic (exact) mass is 469 g/mol. The second-order valence-electron chi connectivity index (χ2n) is 8.74. The summed E-state index contributed by atoms with van der Waals surface area (Å²) < 4.78 is 25.1. The minimum Gasteiger partial charge on any atom is -0.490 e. The number of halogens is 1. The number of benzene rings is 3. The highest BCUT2D eigenvalue weighted by Gasteiger charge is 2.42. The van der Waals surface area contributed by atoms with Crippen LogP contribution in [0.4, 0.5) is 4.39 Å². The molecule has 0 saturated carbocycles. The molecule has 1 aliphatic heterocycles. The number of fused-ring (bicyclic) bond motifs is 2. The zero-order chi connectivity index (χ0) is 24.7. The molecule has 35 heavy (non-hydrogen) atoms. The molecule has 5 rings (SSSR count). The van der Waals surface area contributed by atoms with E-state index in [0.29, 0.717) is 28.9 Å². The fourth-order valence-corrected chi connectivity index (χ4v) is 4.47. The molecule has 0 spiro atoms. The second kappa shape index (κ2) is 8.87. The van der Waals surface area contributed by atoms with Gasteiger partial charge in [-0.2, -0.15) is 0 Å². The predicted molar refractivity (Wildman–Crippen MR) is 132 cm³/mol. The summed E-state index contributed by atoms with van der Waals surface area (Å²) in [4.78, 5) is 28.9. The Labute approximate surface area is 202 Å². The largest absolute Gasteiger partial charge is 0.490 e. The average Bonchev–Trinajstić information content (AvgIpc) is 3.12. The number of hydrogen-bond acceptors (Lipinski definition) is 4. The SMILES string of the molecule is C=CCOc1ccc(C2c3c(oc4cc(C)c(C)cc4c3=O)C(=O)N2Cc2ccc(F)cc2)cc1. The van der Waals surface area contributed by atoms with E-state index < -0.39 is 6.04 Å². The lowest BCUT2D eigenvalue weighted by Gasteiger charge is -2.25. The van der Waals surface area contributed by atoms with Gasteiger partial charge in [-0.15, -0.1) is 0 Å². The molecular formula is C29H24FNO4. The third-order valence-corrected chi connectivity index (χ3v) is 6.41. The fraction of sp³-hybridized carbons (Fsp3) is 0.172. The molecule has 1 aliphatic rings. The summed E-state index contributed by atoms with van der Waals surface area (Å²) in [5.41, 5.74) is 3.91. The predicted octanol–water partition coefficient (Wildman–Crippen LogP) is 5.86. The number of amides is 1. The first-order valence-corrected chi connectivity index (χ1v) is 11.3. The van der Waals surface area contributed by atoms with Crippen molar-refractivity contribution >= 4 is 16.9 Å². The first-order valence-electron chi connectivity index (χ1n) is 11.3. The van der Waals surface area contributed by atoms with Crippen molar-refractivity contribution in [2.75, 3.05) is 6.61 Å². The van der Waals surface area contributed by atoms with Gasteiger partial charge in [-0.1, -0.05) is 36.9 Å². The molecule has 0 bridgehead atoms. The van der Waals surface area contributed by atoms with Crippen LogP contribution in [-0.4, -0.2) is 17.4 Å². The molecule has 2 heterocycles. The standard InChI is InChI=1S/C29H24FNO4/c1-4-13-34-22-11-7-20(8-12-22)26-25-27(32)23-14-17(2)18(3)15-24(23)35-28(25)29(33)31(26)16-19-5-9-21(30)10-6-19/h4-12,14-15,26H,1,13,16H2,2-3H3. The number of carbonyl (C=O) groups excluding carboxylic acids is 1. The average molecular weight is 470 g/mol. The van der Waals surface area contributed by atoms with E-state index in [-0.39, 0.29) is 29.5 Å². The molecule has 0 aliphatic carbocycles. The van der Waals surface area contributed by atoms with Crippen LogP contribution in [0.3, 0.4) is 0 Å². The van der Waals surface area contributed by atoms with E-state index in [1.54, 1.807) is 41.3 Å². The first-order chi connectivity index (χ1) is 16.9. The molecule has 4 aromatic rings. The van der Waals surface area contributed by atoms with Crippen molar-refractivity contribution in [3.05, 3.63) is 123 Å². The molecule has 176 valence electrons. The van der Waals surface area contributed by atoms with Crippen LogP contribution >= 0.6 is 0 Å². The van der Waals surface area contributed by atoms with Crippen LogP contribution in [0.15, 0.2) is 82.5 Å². The van der Waals surface area contributed by atoms with Crippen molar-refractivity contribution in [1.82, 2.24) is 4.90 Å². The lowest BCUT2D eigenvalue weighted by molar-refractivity contribution is 0.0714. The third-order valence-electron chi connectivity index (χ3n) is 6.41. The van der Waals surface area contributed by atoms with Gasteiger partial charge in [0.25, 0.3) is 5.91 Å². The molecule has 3 aromatic carbocycles. The van der Waals surface area contributed by atoms with Gasteiger partial charge in [-0.25, -0.2) is 4.39 Å². The van der Waals surface area contributed by atoms with Crippen molar-refractivity contribution < 1.29 is 18.3 Å². The van der Waals surface area contributed by atoms with Gasteiger partial charge in [-0.3, -0.25) is 9.59 Å². The van der Waals surface area contributed by atoms with E-state index in [1.807, 2.05) is 32.0 Å². The van der Waals surface area contributed by atoms with E-state index in [2.05, 4.69) is 6.58 Å². The van der Waals surface area contributed by atoms with Gasteiger partial charge in [0, 0.05) is 6.54 Å². The van der Waals surface area contributed by atoms with Crippen LogP contribution in [0.25, 0.3) is 11.0 Å². The smallest absolute Gasteiger partial charge is 0.291 e. The topological polar surface area (TPSA) is 59.8 Å². The molecule has 0 N–H and O–H groups in total. The molecule has 1 atom stereocenters. The molecule has 1 amide bonds. The van der Waals surface area contributed by atoms with Gasteiger partial charge in [0.05, 0.1) is 17.0 Å². The van der Waals surface area contributed by atoms with Crippen LogP contribution in [0.5, 0.6) is 5.75 Å². The highest BCUT2D eigenvalue weighted by Crippen LogP contribution is 2.39. The second-order valence-corrected chi connectivity index (χ2v) is 8.74. The van der Waals surface area contributed by atoms with E-state index in [9.17, 15) is 14.0 Å². The summed E-state index contributed by atoms with van der Waals surface area (Å²) in [7, 11) is 0. The van der Waals surface area contributed by atoms with Crippen LogP contribution in [0.2, 0.25) is 0 Å². The van der Waals surface area contributed by atoms with Gasteiger partial charge >= 0.3 is 0 Å². The Morgan fingerprint density at radius 3 is 2.40 bits per heavy atom. The Balaban J connectivity index is 1.67.